The molecule has 1 amide bonds. The maximum absolute atomic E-state index is 11.3. The first kappa shape index (κ1) is 9.70. The van der Waals surface area contributed by atoms with E-state index in [1.54, 1.807) is 0 Å². The van der Waals surface area contributed by atoms with Crippen LogP contribution in [0.2, 0.25) is 0 Å². The van der Waals surface area contributed by atoms with Gasteiger partial charge >= 0.3 is 5.69 Å². The number of amides is 1. The highest BCUT2D eigenvalue weighted by Gasteiger charge is 2.23. The topological polar surface area (TPSA) is 84.0 Å². The molecule has 6 nitrogen and oxygen atoms in total. The Kier molecular flexibility index (Phi) is 2.40. The number of hydrogen-bond acceptors (Lipinski definition) is 3. The van der Waals surface area contributed by atoms with Crippen molar-refractivity contribution >= 4 is 5.91 Å². The van der Waals surface area contributed by atoms with Crippen LogP contribution in [-0.4, -0.2) is 21.5 Å². The van der Waals surface area contributed by atoms with Gasteiger partial charge in [-0.1, -0.05) is 0 Å². The van der Waals surface area contributed by atoms with Crippen LogP contribution < -0.4 is 16.6 Å². The molecule has 15 heavy (non-hydrogen) atoms. The van der Waals surface area contributed by atoms with Gasteiger partial charge in [0.15, 0.2) is 0 Å². The molecular formula is C9H11N3O3. The average Bonchev–Trinajstić information content (AvgIpc) is 2.95. The van der Waals surface area contributed by atoms with Crippen LogP contribution in [0.4, 0.5) is 0 Å². The molecule has 0 saturated heterocycles. The van der Waals surface area contributed by atoms with Crippen LogP contribution in [0.15, 0.2) is 21.9 Å². The Morgan fingerprint density at radius 1 is 1.53 bits per heavy atom. The number of aromatic amines is 1. The van der Waals surface area contributed by atoms with Gasteiger partial charge in [0.25, 0.3) is 5.56 Å². The first-order valence-corrected chi connectivity index (χ1v) is 4.75. The lowest BCUT2D eigenvalue weighted by molar-refractivity contribution is -0.121. The number of nitrogens with zero attached hydrogens (tertiary/aromatic N) is 1. The normalized spacial score (nSPS) is 14.9. The number of aromatic nitrogens is 2. The minimum atomic E-state index is -0.562. The van der Waals surface area contributed by atoms with Gasteiger partial charge < -0.3 is 10.3 Å². The molecule has 1 aromatic rings. The summed E-state index contributed by atoms with van der Waals surface area (Å²) >= 11 is 0. The molecule has 0 atom stereocenters. The monoisotopic (exact) mass is 209 g/mol. The molecule has 0 aliphatic heterocycles. The van der Waals surface area contributed by atoms with Gasteiger partial charge in [0.1, 0.15) is 6.54 Å². The fourth-order valence-corrected chi connectivity index (χ4v) is 1.25. The van der Waals surface area contributed by atoms with Gasteiger partial charge in [0.2, 0.25) is 5.91 Å². The molecule has 1 heterocycles. The third kappa shape index (κ3) is 2.34. The van der Waals surface area contributed by atoms with Crippen molar-refractivity contribution in [1.82, 2.24) is 14.9 Å². The maximum atomic E-state index is 11.3. The molecule has 0 spiro atoms. The van der Waals surface area contributed by atoms with Crippen molar-refractivity contribution in [2.24, 2.45) is 0 Å². The van der Waals surface area contributed by atoms with Crippen molar-refractivity contribution in [3.05, 3.63) is 33.1 Å². The van der Waals surface area contributed by atoms with E-state index in [4.69, 9.17) is 0 Å². The van der Waals surface area contributed by atoms with E-state index in [2.05, 4.69) is 10.3 Å². The van der Waals surface area contributed by atoms with Crippen molar-refractivity contribution in [2.45, 2.75) is 25.4 Å². The maximum Gasteiger partial charge on any atom is 0.328 e. The number of nitrogens with one attached hydrogen (secondary N) is 2. The molecular weight excluding hydrogens is 198 g/mol. The summed E-state index contributed by atoms with van der Waals surface area (Å²) in [6, 6.07) is 1.45. The largest absolute Gasteiger partial charge is 0.352 e. The van der Waals surface area contributed by atoms with E-state index >= 15 is 0 Å². The Morgan fingerprint density at radius 2 is 2.27 bits per heavy atom. The molecule has 0 aromatic carbocycles. The highest BCUT2D eigenvalue weighted by Crippen LogP contribution is 2.18. The molecule has 80 valence electrons. The van der Waals surface area contributed by atoms with Crippen LogP contribution in [0.1, 0.15) is 12.8 Å². The summed E-state index contributed by atoms with van der Waals surface area (Å²) in [6.45, 7) is -0.217. The van der Waals surface area contributed by atoms with Crippen molar-refractivity contribution in [3.8, 4) is 0 Å². The minimum absolute atomic E-state index is 0.217. The Hall–Kier alpha value is -1.85. The fourth-order valence-electron chi connectivity index (χ4n) is 1.25. The van der Waals surface area contributed by atoms with Gasteiger partial charge in [-0.3, -0.25) is 14.2 Å². The summed E-state index contributed by atoms with van der Waals surface area (Å²) in [5.41, 5.74) is -1.03. The van der Waals surface area contributed by atoms with E-state index in [0.717, 1.165) is 17.4 Å². The second-order valence-corrected chi connectivity index (χ2v) is 3.55. The van der Waals surface area contributed by atoms with E-state index in [1.807, 2.05) is 0 Å². The third-order valence-corrected chi connectivity index (χ3v) is 2.19. The molecule has 6 heteroatoms. The molecule has 2 N–H and O–H groups in total. The predicted molar refractivity (Wildman–Crippen MR) is 52.5 cm³/mol. The molecule has 0 bridgehead atoms. The van der Waals surface area contributed by atoms with Crippen molar-refractivity contribution < 1.29 is 4.79 Å². The predicted octanol–water partition coefficient (Wildman–Crippen LogP) is -1.18. The number of hydrogen-bond donors (Lipinski definition) is 2. The molecule has 0 radical (unpaired) electrons. The first-order chi connectivity index (χ1) is 7.16. The van der Waals surface area contributed by atoms with Crippen LogP contribution in [0, 0.1) is 0 Å². The Labute approximate surface area is 84.9 Å². The molecule has 0 unspecified atom stereocenters. The third-order valence-electron chi connectivity index (χ3n) is 2.19. The summed E-state index contributed by atoms with van der Waals surface area (Å²) in [7, 11) is 0. The molecule has 1 fully saturated rings. The summed E-state index contributed by atoms with van der Waals surface area (Å²) < 4.78 is 0.873. The van der Waals surface area contributed by atoms with Crippen LogP contribution in [-0.2, 0) is 11.3 Å². The zero-order valence-corrected chi connectivity index (χ0v) is 8.03. The van der Waals surface area contributed by atoms with Crippen molar-refractivity contribution in [2.75, 3.05) is 0 Å². The highest BCUT2D eigenvalue weighted by atomic mass is 16.2. The molecule has 1 aliphatic carbocycles. The van der Waals surface area contributed by atoms with Gasteiger partial charge in [-0.2, -0.15) is 0 Å². The Morgan fingerprint density at radius 3 is 2.87 bits per heavy atom. The quantitative estimate of drug-likeness (QED) is 0.657. The lowest BCUT2D eigenvalue weighted by atomic mass is 10.5. The molecule has 1 aromatic heterocycles. The van der Waals surface area contributed by atoms with Gasteiger partial charge in [0.05, 0.1) is 0 Å². The Bertz CT molecular complexity index is 456. The number of rotatable bonds is 3. The second-order valence-electron chi connectivity index (χ2n) is 3.55. The lowest BCUT2D eigenvalue weighted by Gasteiger charge is -2.04. The standard InChI is InChI=1S/C9H11N3O3/c13-7(11-6-1-2-6)5-12-8(14)3-4-10-9(12)15/h3-4,6H,1-2,5H2,(H,10,15)(H,11,13). The minimum Gasteiger partial charge on any atom is -0.352 e. The zero-order valence-electron chi connectivity index (χ0n) is 8.03. The van der Waals surface area contributed by atoms with Gasteiger partial charge in [-0.25, -0.2) is 4.79 Å². The van der Waals surface area contributed by atoms with Gasteiger partial charge in [0, 0.05) is 18.3 Å². The lowest BCUT2D eigenvalue weighted by Crippen LogP contribution is -2.40. The van der Waals surface area contributed by atoms with Crippen molar-refractivity contribution in [3.63, 3.8) is 0 Å². The van der Waals surface area contributed by atoms with E-state index in [-0.39, 0.29) is 18.5 Å². The zero-order chi connectivity index (χ0) is 10.8. The highest BCUT2D eigenvalue weighted by molar-refractivity contribution is 5.76. The SMILES string of the molecule is O=C(Cn1c(=O)cc[nH]c1=O)NC1CC1. The summed E-state index contributed by atoms with van der Waals surface area (Å²) in [5.74, 6) is -0.295. The molecule has 2 rings (SSSR count). The smallest absolute Gasteiger partial charge is 0.328 e. The van der Waals surface area contributed by atoms with E-state index in [0.29, 0.717) is 0 Å². The van der Waals surface area contributed by atoms with Crippen LogP contribution in [0.25, 0.3) is 0 Å². The summed E-state index contributed by atoms with van der Waals surface area (Å²) in [6.07, 6.45) is 3.22. The fraction of sp³-hybridized carbons (Fsp3) is 0.444. The summed E-state index contributed by atoms with van der Waals surface area (Å²) in [5, 5.41) is 2.71. The number of H-pyrrole nitrogens is 1. The first-order valence-electron chi connectivity index (χ1n) is 4.75. The molecule has 1 aliphatic rings. The van der Waals surface area contributed by atoms with Crippen LogP contribution in [0.5, 0.6) is 0 Å². The number of carbonyl (C=O) groups is 1. The average molecular weight is 209 g/mol. The van der Waals surface area contributed by atoms with Gasteiger partial charge in [-0.05, 0) is 12.8 Å². The second kappa shape index (κ2) is 3.72. The van der Waals surface area contributed by atoms with Crippen molar-refractivity contribution in [1.29, 1.82) is 0 Å². The van der Waals surface area contributed by atoms with E-state index in [1.165, 1.54) is 12.3 Å². The van der Waals surface area contributed by atoms with Crippen LogP contribution >= 0.6 is 0 Å². The van der Waals surface area contributed by atoms with Gasteiger partial charge in [-0.15, -0.1) is 0 Å². The molecule has 1 saturated carbocycles. The van der Waals surface area contributed by atoms with E-state index < -0.39 is 11.2 Å². The van der Waals surface area contributed by atoms with E-state index in [9.17, 15) is 14.4 Å². The van der Waals surface area contributed by atoms with Crippen LogP contribution in [0.3, 0.4) is 0 Å². The number of carbonyl (C=O) groups excluding carboxylic acids is 1. The summed E-state index contributed by atoms with van der Waals surface area (Å²) in [4.78, 5) is 36.1. The Balaban J connectivity index is 2.12.